The van der Waals surface area contributed by atoms with Crippen molar-refractivity contribution in [3.05, 3.63) is 28.8 Å². The van der Waals surface area contributed by atoms with Crippen molar-refractivity contribution in [1.82, 2.24) is 9.80 Å². The fourth-order valence-electron chi connectivity index (χ4n) is 2.36. The van der Waals surface area contributed by atoms with Gasteiger partial charge in [-0.3, -0.25) is 9.59 Å². The number of alkyl halides is 3. The molecule has 1 N–H and O–H groups in total. The number of carbonyl (C=O) groups excluding carboxylic acids is 2. The number of rotatable bonds is 3. The van der Waals surface area contributed by atoms with Crippen molar-refractivity contribution in [2.24, 2.45) is 0 Å². The first kappa shape index (κ1) is 18.5. The predicted molar refractivity (Wildman–Crippen MR) is 83.8 cm³/mol. The molecule has 132 valence electrons. The van der Waals surface area contributed by atoms with E-state index in [1.807, 2.05) is 11.9 Å². The standard InChI is InChI=1S/C15H17ClF3N3O2/c1-21-4-6-22(7-5-21)14(24)9-13(23)20-12-3-2-10(16)8-11(12)15(17,18)19/h2-3,8H,4-7,9H2,1H3,(H,20,23). The van der Waals surface area contributed by atoms with Crippen LogP contribution >= 0.6 is 11.6 Å². The number of nitrogens with zero attached hydrogens (tertiary/aromatic N) is 2. The Kier molecular flexibility index (Phi) is 5.71. The maximum atomic E-state index is 13.0. The van der Waals surface area contributed by atoms with Gasteiger partial charge in [0, 0.05) is 31.2 Å². The highest BCUT2D eigenvalue weighted by molar-refractivity contribution is 6.30. The van der Waals surface area contributed by atoms with Crippen molar-refractivity contribution >= 4 is 29.1 Å². The fraction of sp³-hybridized carbons (Fsp3) is 0.467. The van der Waals surface area contributed by atoms with Crippen LogP contribution in [0.2, 0.25) is 5.02 Å². The Hall–Kier alpha value is -1.80. The van der Waals surface area contributed by atoms with Gasteiger partial charge in [-0.2, -0.15) is 13.2 Å². The quantitative estimate of drug-likeness (QED) is 0.839. The van der Waals surface area contributed by atoms with Crippen LogP contribution in [0.5, 0.6) is 0 Å². The fourth-order valence-corrected chi connectivity index (χ4v) is 2.53. The SMILES string of the molecule is CN1CCN(C(=O)CC(=O)Nc2ccc(Cl)cc2C(F)(F)F)CC1. The molecular weight excluding hydrogens is 347 g/mol. The van der Waals surface area contributed by atoms with Crippen molar-refractivity contribution in [3.8, 4) is 0 Å². The average molecular weight is 364 g/mol. The molecular formula is C15H17ClF3N3O2. The summed E-state index contributed by atoms with van der Waals surface area (Å²) in [7, 11) is 1.92. The molecule has 0 unspecified atom stereocenters. The van der Waals surface area contributed by atoms with Crippen LogP contribution in [0.3, 0.4) is 0 Å². The third-order valence-corrected chi connectivity index (χ3v) is 3.96. The number of amides is 2. The zero-order valence-electron chi connectivity index (χ0n) is 13.0. The molecule has 1 aromatic rings. The molecule has 2 rings (SSSR count). The number of piperazine rings is 1. The molecule has 1 aliphatic rings. The van der Waals surface area contributed by atoms with Gasteiger partial charge < -0.3 is 15.1 Å². The van der Waals surface area contributed by atoms with E-state index in [9.17, 15) is 22.8 Å². The minimum Gasteiger partial charge on any atom is -0.340 e. The molecule has 1 saturated heterocycles. The summed E-state index contributed by atoms with van der Waals surface area (Å²) in [5.41, 5.74) is -1.46. The maximum absolute atomic E-state index is 13.0. The van der Waals surface area contributed by atoms with E-state index in [4.69, 9.17) is 11.6 Å². The van der Waals surface area contributed by atoms with E-state index in [1.165, 1.54) is 11.0 Å². The molecule has 2 amide bonds. The summed E-state index contributed by atoms with van der Waals surface area (Å²) < 4.78 is 38.9. The van der Waals surface area contributed by atoms with E-state index >= 15 is 0 Å². The number of hydrogen-bond donors (Lipinski definition) is 1. The normalized spacial score (nSPS) is 16.1. The Morgan fingerprint density at radius 1 is 1.21 bits per heavy atom. The molecule has 0 atom stereocenters. The van der Waals surface area contributed by atoms with Crippen LogP contribution in [0.25, 0.3) is 0 Å². The maximum Gasteiger partial charge on any atom is 0.418 e. The number of hydrogen-bond acceptors (Lipinski definition) is 3. The Bertz CT molecular complexity index is 629. The second-order valence-electron chi connectivity index (χ2n) is 5.60. The molecule has 1 aromatic carbocycles. The second kappa shape index (κ2) is 7.40. The van der Waals surface area contributed by atoms with Crippen LogP contribution < -0.4 is 5.32 Å². The number of likely N-dealkylation sites (N-methyl/N-ethyl adjacent to an activating group) is 1. The first-order valence-corrected chi connectivity index (χ1v) is 7.67. The van der Waals surface area contributed by atoms with Crippen molar-refractivity contribution in [2.75, 3.05) is 38.5 Å². The molecule has 0 saturated carbocycles. The lowest BCUT2D eigenvalue weighted by Crippen LogP contribution is -2.47. The highest BCUT2D eigenvalue weighted by Gasteiger charge is 2.34. The molecule has 0 bridgehead atoms. The lowest BCUT2D eigenvalue weighted by Gasteiger charge is -2.32. The minimum atomic E-state index is -4.66. The van der Waals surface area contributed by atoms with Gasteiger partial charge in [0.1, 0.15) is 6.42 Å². The topological polar surface area (TPSA) is 52.7 Å². The summed E-state index contributed by atoms with van der Waals surface area (Å²) in [6.07, 6.45) is -5.15. The zero-order chi connectivity index (χ0) is 17.9. The zero-order valence-corrected chi connectivity index (χ0v) is 13.7. The van der Waals surface area contributed by atoms with E-state index in [2.05, 4.69) is 5.32 Å². The molecule has 5 nitrogen and oxygen atoms in total. The molecule has 24 heavy (non-hydrogen) atoms. The molecule has 9 heteroatoms. The van der Waals surface area contributed by atoms with Crippen molar-refractivity contribution in [2.45, 2.75) is 12.6 Å². The molecule has 0 aromatic heterocycles. The average Bonchev–Trinajstić information content (AvgIpc) is 2.48. The summed E-state index contributed by atoms with van der Waals surface area (Å²) in [5, 5.41) is 2.06. The monoisotopic (exact) mass is 363 g/mol. The smallest absolute Gasteiger partial charge is 0.340 e. The van der Waals surface area contributed by atoms with Gasteiger partial charge >= 0.3 is 6.18 Å². The first-order chi connectivity index (χ1) is 11.2. The summed E-state index contributed by atoms with van der Waals surface area (Å²) in [6.45, 7) is 2.39. The number of nitrogens with one attached hydrogen (secondary N) is 1. The highest BCUT2D eigenvalue weighted by Crippen LogP contribution is 2.36. The van der Waals surface area contributed by atoms with Gasteiger partial charge in [-0.25, -0.2) is 0 Å². The van der Waals surface area contributed by atoms with E-state index in [0.717, 1.165) is 12.1 Å². The van der Waals surface area contributed by atoms with E-state index in [-0.39, 0.29) is 5.02 Å². The lowest BCUT2D eigenvalue weighted by molar-refractivity contribution is -0.137. The summed E-state index contributed by atoms with van der Waals surface area (Å²) in [4.78, 5) is 27.6. The lowest BCUT2D eigenvalue weighted by atomic mass is 10.1. The van der Waals surface area contributed by atoms with Crippen LogP contribution in [0.15, 0.2) is 18.2 Å². The predicted octanol–water partition coefficient (Wildman–Crippen LogP) is 2.46. The Labute approximate surface area is 142 Å². The Balaban J connectivity index is 2.01. The van der Waals surface area contributed by atoms with Gasteiger partial charge in [0.15, 0.2) is 0 Å². The van der Waals surface area contributed by atoms with Gasteiger partial charge in [-0.15, -0.1) is 0 Å². The summed E-state index contributed by atoms with van der Waals surface area (Å²) in [6, 6.07) is 3.05. The third-order valence-electron chi connectivity index (χ3n) is 3.73. The first-order valence-electron chi connectivity index (χ1n) is 7.30. The second-order valence-corrected chi connectivity index (χ2v) is 6.03. The van der Waals surface area contributed by atoms with Crippen LogP contribution in [0.4, 0.5) is 18.9 Å². The molecule has 0 aliphatic carbocycles. The van der Waals surface area contributed by atoms with E-state index in [1.54, 1.807) is 0 Å². The molecule has 1 aliphatic heterocycles. The molecule has 1 heterocycles. The molecule has 0 spiro atoms. The highest BCUT2D eigenvalue weighted by atomic mass is 35.5. The van der Waals surface area contributed by atoms with Crippen molar-refractivity contribution in [1.29, 1.82) is 0 Å². The molecule has 0 radical (unpaired) electrons. The van der Waals surface area contributed by atoms with Crippen LogP contribution in [0.1, 0.15) is 12.0 Å². The van der Waals surface area contributed by atoms with E-state index in [0.29, 0.717) is 26.2 Å². The summed E-state index contributed by atoms with van der Waals surface area (Å²) >= 11 is 5.58. The van der Waals surface area contributed by atoms with Crippen LogP contribution in [0, 0.1) is 0 Å². The largest absolute Gasteiger partial charge is 0.418 e. The minimum absolute atomic E-state index is 0.0890. The molecule has 1 fully saturated rings. The third kappa shape index (κ3) is 4.85. The van der Waals surface area contributed by atoms with Crippen molar-refractivity contribution in [3.63, 3.8) is 0 Å². The van der Waals surface area contributed by atoms with Gasteiger partial charge in [0.05, 0.1) is 11.3 Å². The Morgan fingerprint density at radius 2 is 1.83 bits per heavy atom. The number of anilines is 1. The van der Waals surface area contributed by atoms with E-state index < -0.39 is 35.7 Å². The van der Waals surface area contributed by atoms with Gasteiger partial charge in [0.25, 0.3) is 0 Å². The number of carbonyl (C=O) groups is 2. The Morgan fingerprint density at radius 3 is 2.42 bits per heavy atom. The van der Waals surface area contributed by atoms with Crippen molar-refractivity contribution < 1.29 is 22.8 Å². The van der Waals surface area contributed by atoms with Gasteiger partial charge in [-0.05, 0) is 25.2 Å². The van der Waals surface area contributed by atoms with Crippen LogP contribution in [-0.4, -0.2) is 54.8 Å². The van der Waals surface area contributed by atoms with Gasteiger partial charge in [-0.1, -0.05) is 11.6 Å². The number of benzene rings is 1. The summed E-state index contributed by atoms with van der Waals surface area (Å²) in [5.74, 6) is -1.19. The number of halogens is 4. The van der Waals surface area contributed by atoms with Crippen LogP contribution in [-0.2, 0) is 15.8 Å². The van der Waals surface area contributed by atoms with Gasteiger partial charge in [0.2, 0.25) is 11.8 Å².